The molecule has 0 bridgehead atoms. The quantitative estimate of drug-likeness (QED) is 0.401. The van der Waals surface area contributed by atoms with Gasteiger partial charge in [0.05, 0.1) is 0 Å². The van der Waals surface area contributed by atoms with Crippen LogP contribution in [-0.4, -0.2) is 6.54 Å². The lowest BCUT2D eigenvalue weighted by atomic mass is 9.90. The summed E-state index contributed by atoms with van der Waals surface area (Å²) >= 11 is 0. The summed E-state index contributed by atoms with van der Waals surface area (Å²) in [6, 6.07) is 24.8. The molecule has 3 aromatic carbocycles. The van der Waals surface area contributed by atoms with Crippen LogP contribution < -0.4 is 5.32 Å². The molecule has 4 rings (SSSR count). The Kier molecular flexibility index (Phi) is 4.90. The maximum atomic E-state index is 3.69. The maximum Gasteiger partial charge on any atom is 0.0297 e. The van der Waals surface area contributed by atoms with Crippen LogP contribution in [-0.2, 0) is 6.42 Å². The van der Waals surface area contributed by atoms with Gasteiger partial charge in [0.1, 0.15) is 0 Å². The minimum atomic E-state index is 0.359. The van der Waals surface area contributed by atoms with E-state index in [-0.39, 0.29) is 0 Å². The Morgan fingerprint density at radius 1 is 0.808 bits per heavy atom. The smallest absolute Gasteiger partial charge is 0.0297 e. The van der Waals surface area contributed by atoms with E-state index in [4.69, 9.17) is 0 Å². The first-order valence-corrected chi connectivity index (χ1v) is 9.82. The van der Waals surface area contributed by atoms with E-state index < -0.39 is 0 Å². The van der Waals surface area contributed by atoms with Crippen LogP contribution in [0.4, 0.5) is 0 Å². The van der Waals surface area contributed by atoms with E-state index in [1.165, 1.54) is 51.8 Å². The maximum absolute atomic E-state index is 3.69. The molecule has 0 amide bonds. The first kappa shape index (κ1) is 17.1. The van der Waals surface area contributed by atoms with Gasteiger partial charge in [-0.25, -0.2) is 0 Å². The minimum Gasteiger partial charge on any atom is -0.310 e. The first-order chi connectivity index (χ1) is 12.8. The lowest BCUT2D eigenvalue weighted by Crippen LogP contribution is -2.20. The SMILES string of the molecule is CCCCNC(C)c1ccccc1-c1cccc2c1Cc1ccccc1-2. The number of unbranched alkanes of at least 4 members (excludes halogenated alkanes) is 1. The van der Waals surface area contributed by atoms with Gasteiger partial charge in [0, 0.05) is 6.04 Å². The highest BCUT2D eigenvalue weighted by atomic mass is 14.9. The number of hydrogen-bond acceptors (Lipinski definition) is 1. The van der Waals surface area contributed by atoms with Gasteiger partial charge in [-0.05, 0) is 65.3 Å². The summed E-state index contributed by atoms with van der Waals surface area (Å²) in [5.74, 6) is 0. The molecule has 1 unspecified atom stereocenters. The van der Waals surface area contributed by atoms with Crippen molar-refractivity contribution in [1.29, 1.82) is 0 Å². The van der Waals surface area contributed by atoms with Crippen molar-refractivity contribution in [2.24, 2.45) is 0 Å². The van der Waals surface area contributed by atoms with Crippen LogP contribution in [0.15, 0.2) is 66.7 Å². The molecule has 1 nitrogen and oxygen atoms in total. The molecule has 3 aromatic rings. The van der Waals surface area contributed by atoms with Crippen molar-refractivity contribution in [2.75, 3.05) is 6.54 Å². The predicted molar refractivity (Wildman–Crippen MR) is 111 cm³/mol. The van der Waals surface area contributed by atoms with E-state index >= 15 is 0 Å². The van der Waals surface area contributed by atoms with Crippen molar-refractivity contribution in [2.45, 2.75) is 39.2 Å². The van der Waals surface area contributed by atoms with Gasteiger partial charge < -0.3 is 5.32 Å². The van der Waals surface area contributed by atoms with Crippen molar-refractivity contribution in [3.05, 3.63) is 83.4 Å². The van der Waals surface area contributed by atoms with Crippen LogP contribution in [0.1, 0.15) is 49.4 Å². The van der Waals surface area contributed by atoms with Gasteiger partial charge in [-0.2, -0.15) is 0 Å². The van der Waals surface area contributed by atoms with Gasteiger partial charge >= 0.3 is 0 Å². The Labute approximate surface area is 157 Å². The molecular weight excluding hydrogens is 314 g/mol. The molecule has 0 saturated carbocycles. The van der Waals surface area contributed by atoms with Gasteiger partial charge in [-0.15, -0.1) is 0 Å². The normalized spacial score (nSPS) is 13.3. The summed E-state index contributed by atoms with van der Waals surface area (Å²) in [6.45, 7) is 5.60. The average Bonchev–Trinajstić information content (AvgIpc) is 3.07. The molecule has 0 fully saturated rings. The molecule has 1 aliphatic carbocycles. The van der Waals surface area contributed by atoms with Crippen molar-refractivity contribution < 1.29 is 0 Å². The molecule has 1 N–H and O–H groups in total. The second kappa shape index (κ2) is 7.47. The fourth-order valence-electron chi connectivity index (χ4n) is 4.13. The molecule has 26 heavy (non-hydrogen) atoms. The summed E-state index contributed by atoms with van der Waals surface area (Å²) in [4.78, 5) is 0. The summed E-state index contributed by atoms with van der Waals surface area (Å²) in [7, 11) is 0. The van der Waals surface area contributed by atoms with Gasteiger partial charge in [0.2, 0.25) is 0 Å². The lowest BCUT2D eigenvalue weighted by molar-refractivity contribution is 0.555. The van der Waals surface area contributed by atoms with Gasteiger partial charge in [-0.3, -0.25) is 0 Å². The Morgan fingerprint density at radius 3 is 2.27 bits per heavy atom. The summed E-state index contributed by atoms with van der Waals surface area (Å²) in [5.41, 5.74) is 9.87. The summed E-state index contributed by atoms with van der Waals surface area (Å²) < 4.78 is 0. The highest BCUT2D eigenvalue weighted by Gasteiger charge is 2.22. The predicted octanol–water partition coefficient (Wildman–Crippen LogP) is 6.38. The first-order valence-electron chi connectivity index (χ1n) is 9.82. The molecule has 0 spiro atoms. The Morgan fingerprint density at radius 2 is 1.46 bits per heavy atom. The fraction of sp³-hybridized carbons (Fsp3) is 0.280. The standard InChI is InChI=1S/C25H27N/c1-3-4-16-26-18(2)20-11-7-8-13-22(20)24-15-9-14-23-21-12-6-5-10-19(21)17-25(23)24/h5-15,18,26H,3-4,16-17H2,1-2H3. The van der Waals surface area contributed by atoms with Crippen LogP contribution in [0.2, 0.25) is 0 Å². The molecule has 1 aliphatic rings. The number of benzene rings is 3. The monoisotopic (exact) mass is 341 g/mol. The zero-order chi connectivity index (χ0) is 17.9. The number of hydrogen-bond donors (Lipinski definition) is 1. The zero-order valence-corrected chi connectivity index (χ0v) is 15.8. The van der Waals surface area contributed by atoms with Crippen molar-refractivity contribution >= 4 is 0 Å². The largest absolute Gasteiger partial charge is 0.310 e. The molecular formula is C25H27N. The highest BCUT2D eigenvalue weighted by molar-refractivity contribution is 5.85. The number of rotatable bonds is 6. The van der Waals surface area contributed by atoms with E-state index in [0.717, 1.165) is 13.0 Å². The van der Waals surface area contributed by atoms with Crippen LogP contribution >= 0.6 is 0 Å². The molecule has 0 radical (unpaired) electrons. The van der Waals surface area contributed by atoms with Crippen molar-refractivity contribution in [1.82, 2.24) is 5.32 Å². The number of fused-ring (bicyclic) bond motifs is 3. The van der Waals surface area contributed by atoms with Crippen LogP contribution in [0, 0.1) is 0 Å². The zero-order valence-electron chi connectivity index (χ0n) is 15.8. The van der Waals surface area contributed by atoms with Crippen molar-refractivity contribution in [3.63, 3.8) is 0 Å². The fourth-order valence-corrected chi connectivity index (χ4v) is 4.13. The van der Waals surface area contributed by atoms with E-state index in [1.54, 1.807) is 0 Å². The Balaban J connectivity index is 1.74. The van der Waals surface area contributed by atoms with Gasteiger partial charge in [-0.1, -0.05) is 80.1 Å². The molecule has 1 atom stereocenters. The Hall–Kier alpha value is -2.38. The van der Waals surface area contributed by atoms with Crippen LogP contribution in [0.5, 0.6) is 0 Å². The molecule has 0 aliphatic heterocycles. The van der Waals surface area contributed by atoms with E-state index in [1.807, 2.05) is 0 Å². The summed E-state index contributed by atoms with van der Waals surface area (Å²) in [5, 5.41) is 3.69. The van der Waals surface area contributed by atoms with Crippen LogP contribution in [0.3, 0.4) is 0 Å². The molecule has 0 aromatic heterocycles. The highest BCUT2D eigenvalue weighted by Crippen LogP contribution is 2.42. The van der Waals surface area contributed by atoms with E-state index in [0.29, 0.717) is 6.04 Å². The molecule has 0 saturated heterocycles. The third-order valence-corrected chi connectivity index (χ3v) is 5.55. The minimum absolute atomic E-state index is 0.359. The van der Waals surface area contributed by atoms with E-state index in [2.05, 4.69) is 85.9 Å². The summed E-state index contributed by atoms with van der Waals surface area (Å²) in [6.07, 6.45) is 3.49. The molecule has 0 heterocycles. The molecule has 1 heteroatoms. The van der Waals surface area contributed by atoms with Crippen molar-refractivity contribution in [3.8, 4) is 22.3 Å². The molecule has 132 valence electrons. The third-order valence-electron chi connectivity index (χ3n) is 5.55. The third kappa shape index (κ3) is 3.08. The van der Waals surface area contributed by atoms with E-state index in [9.17, 15) is 0 Å². The lowest BCUT2D eigenvalue weighted by Gasteiger charge is -2.20. The Bertz CT molecular complexity index is 910. The van der Waals surface area contributed by atoms with Crippen LogP contribution in [0.25, 0.3) is 22.3 Å². The average molecular weight is 341 g/mol. The van der Waals surface area contributed by atoms with Gasteiger partial charge in [0.25, 0.3) is 0 Å². The second-order valence-electron chi connectivity index (χ2n) is 7.28. The van der Waals surface area contributed by atoms with Gasteiger partial charge in [0.15, 0.2) is 0 Å². The number of nitrogens with one attached hydrogen (secondary N) is 1. The topological polar surface area (TPSA) is 12.0 Å². The second-order valence-corrected chi connectivity index (χ2v) is 7.28.